The number of pyridine rings is 1. The van der Waals surface area contributed by atoms with Gasteiger partial charge in [0, 0.05) is 11.6 Å². The first kappa shape index (κ1) is 14.5. The number of hydrogen-bond donors (Lipinski definition) is 1. The molecule has 0 radical (unpaired) electrons. The number of rotatable bonds is 3. The van der Waals surface area contributed by atoms with Gasteiger partial charge in [0.15, 0.2) is 11.0 Å². The number of fused-ring (bicyclic) bond motifs is 1. The highest BCUT2D eigenvalue weighted by Crippen LogP contribution is 2.33. The molecular weight excluding hydrogens is 351 g/mol. The lowest BCUT2D eigenvalue weighted by molar-refractivity contribution is 1.14. The molecule has 4 aromatic rings. The Morgan fingerprint density at radius 2 is 2.00 bits per heavy atom. The number of hydrogen-bond acceptors (Lipinski definition) is 4. The zero-order chi connectivity index (χ0) is 15.8. The Labute approximate surface area is 146 Å². The van der Waals surface area contributed by atoms with Crippen LogP contribution in [0.4, 0.5) is 10.8 Å². The van der Waals surface area contributed by atoms with Crippen LogP contribution in [0.25, 0.3) is 17.0 Å². The Morgan fingerprint density at radius 1 is 1.09 bits per heavy atom. The molecule has 7 heteroatoms. The minimum Gasteiger partial charge on any atom is -0.330 e. The fourth-order valence-corrected chi connectivity index (χ4v) is 3.33. The van der Waals surface area contributed by atoms with Crippen LogP contribution in [-0.2, 0) is 0 Å². The van der Waals surface area contributed by atoms with Crippen molar-refractivity contribution in [2.24, 2.45) is 0 Å². The summed E-state index contributed by atoms with van der Waals surface area (Å²) in [6.07, 6.45) is 3.80. The lowest BCUT2D eigenvalue weighted by atomic mass is 10.3. The summed E-state index contributed by atoms with van der Waals surface area (Å²) < 4.78 is 2.01. The molecule has 4 rings (SSSR count). The maximum atomic E-state index is 6.19. The van der Waals surface area contributed by atoms with Crippen molar-refractivity contribution in [2.45, 2.75) is 0 Å². The number of halogens is 2. The SMILES string of the molecule is Clc1cccc(Nc2nc(-c3ncc4ccccn34)cs2)c1Cl. The number of nitrogens with zero attached hydrogens (tertiary/aromatic N) is 3. The number of aromatic nitrogens is 3. The van der Waals surface area contributed by atoms with Crippen LogP contribution < -0.4 is 5.32 Å². The van der Waals surface area contributed by atoms with Crippen molar-refractivity contribution in [1.29, 1.82) is 0 Å². The zero-order valence-corrected chi connectivity index (χ0v) is 14.0. The first-order chi connectivity index (χ1) is 11.2. The summed E-state index contributed by atoms with van der Waals surface area (Å²) in [6, 6.07) is 11.4. The Bertz CT molecular complexity index is 993. The molecule has 0 atom stereocenters. The molecule has 1 N–H and O–H groups in total. The van der Waals surface area contributed by atoms with Crippen molar-refractivity contribution in [3.8, 4) is 11.5 Å². The molecule has 0 bridgehead atoms. The molecule has 3 heterocycles. The van der Waals surface area contributed by atoms with Crippen molar-refractivity contribution in [1.82, 2.24) is 14.4 Å². The fraction of sp³-hybridized carbons (Fsp3) is 0. The second-order valence-electron chi connectivity index (χ2n) is 4.84. The highest BCUT2D eigenvalue weighted by molar-refractivity contribution is 7.14. The number of nitrogens with one attached hydrogen (secondary N) is 1. The largest absolute Gasteiger partial charge is 0.330 e. The van der Waals surface area contributed by atoms with Gasteiger partial charge in [0.05, 0.1) is 27.4 Å². The normalized spacial score (nSPS) is 11.0. The van der Waals surface area contributed by atoms with E-state index in [1.807, 2.05) is 52.5 Å². The lowest BCUT2D eigenvalue weighted by Gasteiger charge is -2.05. The number of anilines is 2. The molecule has 0 fully saturated rings. The molecule has 0 saturated heterocycles. The molecule has 0 aliphatic carbocycles. The third kappa shape index (κ3) is 2.67. The quantitative estimate of drug-likeness (QED) is 0.523. The topological polar surface area (TPSA) is 42.2 Å². The molecule has 0 saturated carbocycles. The summed E-state index contributed by atoms with van der Waals surface area (Å²) in [7, 11) is 0. The van der Waals surface area contributed by atoms with E-state index in [-0.39, 0.29) is 0 Å². The van der Waals surface area contributed by atoms with Crippen LogP contribution >= 0.6 is 34.5 Å². The Kier molecular flexibility index (Phi) is 3.69. The van der Waals surface area contributed by atoms with E-state index in [2.05, 4.69) is 15.3 Å². The second kappa shape index (κ2) is 5.85. The van der Waals surface area contributed by atoms with E-state index in [0.717, 1.165) is 27.9 Å². The first-order valence-electron chi connectivity index (χ1n) is 6.81. The van der Waals surface area contributed by atoms with Gasteiger partial charge in [-0.15, -0.1) is 11.3 Å². The van der Waals surface area contributed by atoms with Gasteiger partial charge in [0.25, 0.3) is 0 Å². The van der Waals surface area contributed by atoms with E-state index >= 15 is 0 Å². The molecule has 0 aliphatic heterocycles. The van der Waals surface area contributed by atoms with E-state index in [9.17, 15) is 0 Å². The van der Waals surface area contributed by atoms with Gasteiger partial charge in [-0.2, -0.15) is 0 Å². The maximum Gasteiger partial charge on any atom is 0.187 e. The van der Waals surface area contributed by atoms with E-state index < -0.39 is 0 Å². The monoisotopic (exact) mass is 360 g/mol. The van der Waals surface area contributed by atoms with E-state index in [0.29, 0.717) is 10.0 Å². The zero-order valence-electron chi connectivity index (χ0n) is 11.7. The van der Waals surface area contributed by atoms with Crippen molar-refractivity contribution in [3.05, 3.63) is 64.2 Å². The smallest absolute Gasteiger partial charge is 0.187 e. The van der Waals surface area contributed by atoms with E-state index in [1.54, 1.807) is 6.07 Å². The number of thiazole rings is 1. The van der Waals surface area contributed by atoms with Crippen LogP contribution in [0.1, 0.15) is 0 Å². The molecular formula is C16H10Cl2N4S. The van der Waals surface area contributed by atoms with Gasteiger partial charge in [0.2, 0.25) is 0 Å². The van der Waals surface area contributed by atoms with Gasteiger partial charge in [-0.25, -0.2) is 9.97 Å². The van der Waals surface area contributed by atoms with Gasteiger partial charge < -0.3 is 5.32 Å². The van der Waals surface area contributed by atoms with Crippen molar-refractivity contribution in [3.63, 3.8) is 0 Å². The number of imidazole rings is 1. The molecule has 114 valence electrons. The van der Waals surface area contributed by atoms with Crippen LogP contribution in [0, 0.1) is 0 Å². The second-order valence-corrected chi connectivity index (χ2v) is 6.48. The van der Waals surface area contributed by atoms with Crippen LogP contribution in [0.3, 0.4) is 0 Å². The predicted molar refractivity (Wildman–Crippen MR) is 96.0 cm³/mol. The average Bonchev–Trinajstić information content (AvgIpc) is 3.18. The summed E-state index contributed by atoms with van der Waals surface area (Å²) >= 11 is 13.7. The number of benzene rings is 1. The predicted octanol–water partition coefficient (Wildman–Crippen LogP) is 5.51. The molecule has 23 heavy (non-hydrogen) atoms. The van der Waals surface area contributed by atoms with Crippen LogP contribution in [-0.4, -0.2) is 14.4 Å². The molecule has 4 nitrogen and oxygen atoms in total. The maximum absolute atomic E-state index is 6.19. The third-order valence-corrected chi connectivity index (χ3v) is 4.94. The third-order valence-electron chi connectivity index (χ3n) is 3.37. The molecule has 3 aromatic heterocycles. The Balaban J connectivity index is 1.68. The van der Waals surface area contributed by atoms with E-state index in [4.69, 9.17) is 23.2 Å². The van der Waals surface area contributed by atoms with Gasteiger partial charge in [-0.1, -0.05) is 35.3 Å². The van der Waals surface area contributed by atoms with Crippen LogP contribution in [0.2, 0.25) is 10.0 Å². The summed E-state index contributed by atoms with van der Waals surface area (Å²) in [6.45, 7) is 0. The van der Waals surface area contributed by atoms with Crippen LogP contribution in [0.15, 0.2) is 54.2 Å². The molecule has 0 unspecified atom stereocenters. The first-order valence-corrected chi connectivity index (χ1v) is 8.45. The van der Waals surface area contributed by atoms with Gasteiger partial charge >= 0.3 is 0 Å². The summed E-state index contributed by atoms with van der Waals surface area (Å²) in [4.78, 5) is 9.04. The van der Waals surface area contributed by atoms with Crippen molar-refractivity contribution >= 4 is 50.9 Å². The van der Waals surface area contributed by atoms with Crippen LogP contribution in [0.5, 0.6) is 0 Å². The summed E-state index contributed by atoms with van der Waals surface area (Å²) in [5, 5.41) is 6.88. The van der Waals surface area contributed by atoms with Gasteiger partial charge in [-0.3, -0.25) is 4.40 Å². The molecule has 0 spiro atoms. The fourth-order valence-electron chi connectivity index (χ4n) is 2.28. The minimum atomic E-state index is 0.483. The molecule has 0 aliphatic rings. The van der Waals surface area contributed by atoms with Crippen molar-refractivity contribution < 1.29 is 0 Å². The van der Waals surface area contributed by atoms with Gasteiger partial charge in [0.1, 0.15) is 5.69 Å². The lowest BCUT2D eigenvalue weighted by Crippen LogP contribution is -1.92. The summed E-state index contributed by atoms with van der Waals surface area (Å²) in [5.74, 6) is 0.807. The Morgan fingerprint density at radius 3 is 2.91 bits per heavy atom. The molecule has 0 amide bonds. The molecule has 1 aromatic carbocycles. The highest BCUT2D eigenvalue weighted by atomic mass is 35.5. The van der Waals surface area contributed by atoms with Crippen molar-refractivity contribution in [2.75, 3.05) is 5.32 Å². The van der Waals surface area contributed by atoms with Gasteiger partial charge in [-0.05, 0) is 24.3 Å². The summed E-state index contributed by atoms with van der Waals surface area (Å²) in [5.41, 5.74) is 2.57. The van der Waals surface area contributed by atoms with E-state index in [1.165, 1.54) is 11.3 Å². The minimum absolute atomic E-state index is 0.483. The highest BCUT2D eigenvalue weighted by Gasteiger charge is 2.12. The average molecular weight is 361 g/mol. The Hall–Kier alpha value is -2.08. The standard InChI is InChI=1S/C16H10Cl2N4S/c17-11-5-3-6-12(14(11)18)20-16-21-13(9-23-16)15-19-8-10-4-1-2-7-22(10)15/h1-9H,(H,20,21).